The van der Waals surface area contributed by atoms with Crippen molar-refractivity contribution in [1.29, 1.82) is 0 Å². The Balaban J connectivity index is 0.00000180. The molecule has 4 heteroatoms. The Morgan fingerprint density at radius 1 is 1.05 bits per heavy atom. The number of hydrogen-bond donors (Lipinski definition) is 0. The van der Waals surface area contributed by atoms with Crippen LogP contribution in [0.15, 0.2) is 48.7 Å². The first-order chi connectivity index (χ1) is 8.79. The second kappa shape index (κ2) is 9.50. The number of ether oxygens (including phenoxy) is 1. The SMILES string of the molecule is CCOc1ccc(/C=C/c2cccc[n+]2C)cc1.O.[I-]. The smallest absolute Gasteiger partial charge is 0.204 e. The summed E-state index contributed by atoms with van der Waals surface area (Å²) in [5.74, 6) is 0.917. The summed E-state index contributed by atoms with van der Waals surface area (Å²) in [5.41, 5.74) is 2.34. The molecule has 0 saturated heterocycles. The molecule has 2 N–H and O–H groups in total. The molecular formula is C16H20INO2. The Labute approximate surface area is 137 Å². The molecule has 0 aliphatic carbocycles. The molecule has 0 aliphatic rings. The standard InChI is InChI=1S/C16H18NO.HI.H2O/c1-3-18-16-11-8-14(9-12-16)7-10-15-6-4-5-13-17(15)2;;/h4-13H,3H2,1-2H3;1H;1H2/q+1;;/p-1/b10-7+;;. The van der Waals surface area contributed by atoms with E-state index in [1.165, 1.54) is 11.3 Å². The molecule has 0 aliphatic heterocycles. The summed E-state index contributed by atoms with van der Waals surface area (Å²) in [5, 5.41) is 0. The highest BCUT2D eigenvalue weighted by molar-refractivity contribution is 5.67. The number of pyridine rings is 1. The van der Waals surface area contributed by atoms with Gasteiger partial charge in [-0.05, 0) is 36.8 Å². The molecule has 0 spiro atoms. The quantitative estimate of drug-likeness (QED) is 0.505. The first-order valence-corrected chi connectivity index (χ1v) is 6.15. The number of halogens is 1. The van der Waals surface area contributed by atoms with Gasteiger partial charge >= 0.3 is 0 Å². The molecule has 20 heavy (non-hydrogen) atoms. The Kier molecular flexibility index (Phi) is 8.83. The molecular weight excluding hydrogens is 365 g/mol. The molecule has 0 bridgehead atoms. The molecule has 0 radical (unpaired) electrons. The van der Waals surface area contributed by atoms with Crippen LogP contribution in [0.5, 0.6) is 5.75 Å². The maximum atomic E-state index is 5.41. The van der Waals surface area contributed by atoms with Crippen molar-refractivity contribution in [2.24, 2.45) is 7.05 Å². The minimum atomic E-state index is 0. The van der Waals surface area contributed by atoms with Crippen LogP contribution in [0.2, 0.25) is 0 Å². The van der Waals surface area contributed by atoms with E-state index in [-0.39, 0.29) is 29.5 Å². The lowest BCUT2D eigenvalue weighted by atomic mass is 10.2. The van der Waals surface area contributed by atoms with Gasteiger partial charge in [-0.3, -0.25) is 0 Å². The molecule has 2 aromatic rings. The second-order valence-electron chi connectivity index (χ2n) is 4.07. The first-order valence-electron chi connectivity index (χ1n) is 6.15. The number of aryl methyl sites for hydroxylation is 1. The fraction of sp³-hybridized carbons (Fsp3) is 0.188. The van der Waals surface area contributed by atoms with Crippen molar-refractivity contribution in [3.05, 3.63) is 59.9 Å². The zero-order chi connectivity index (χ0) is 12.8. The van der Waals surface area contributed by atoms with Gasteiger partial charge in [0.05, 0.1) is 6.61 Å². The highest BCUT2D eigenvalue weighted by Crippen LogP contribution is 2.13. The van der Waals surface area contributed by atoms with Gasteiger partial charge in [0, 0.05) is 18.2 Å². The molecule has 0 unspecified atom stereocenters. The Hall–Kier alpha value is -1.40. The highest BCUT2D eigenvalue weighted by Gasteiger charge is 1.98. The molecule has 1 aromatic heterocycles. The summed E-state index contributed by atoms with van der Waals surface area (Å²) in [6, 6.07) is 14.3. The lowest BCUT2D eigenvalue weighted by Gasteiger charge is -2.02. The molecule has 108 valence electrons. The number of hydrogen-bond acceptors (Lipinski definition) is 1. The minimum absolute atomic E-state index is 0. The summed E-state index contributed by atoms with van der Waals surface area (Å²) >= 11 is 0. The van der Waals surface area contributed by atoms with Gasteiger partial charge in [-0.2, -0.15) is 0 Å². The molecule has 3 nitrogen and oxygen atoms in total. The maximum absolute atomic E-state index is 5.41. The summed E-state index contributed by atoms with van der Waals surface area (Å²) < 4.78 is 7.50. The molecule has 1 heterocycles. The van der Waals surface area contributed by atoms with Crippen LogP contribution in [-0.2, 0) is 7.05 Å². The Morgan fingerprint density at radius 2 is 1.75 bits per heavy atom. The lowest BCUT2D eigenvalue weighted by molar-refractivity contribution is -0.673. The van der Waals surface area contributed by atoms with Gasteiger partial charge < -0.3 is 34.2 Å². The van der Waals surface area contributed by atoms with E-state index in [0.29, 0.717) is 6.61 Å². The molecule has 1 aromatic carbocycles. The minimum Gasteiger partial charge on any atom is -1.00 e. The van der Waals surface area contributed by atoms with Gasteiger partial charge in [0.2, 0.25) is 5.69 Å². The van der Waals surface area contributed by atoms with Crippen LogP contribution < -0.4 is 33.3 Å². The van der Waals surface area contributed by atoms with Gasteiger partial charge in [-0.25, -0.2) is 4.57 Å². The van der Waals surface area contributed by atoms with Gasteiger partial charge in [0.25, 0.3) is 0 Å². The van der Waals surface area contributed by atoms with Crippen molar-refractivity contribution in [1.82, 2.24) is 0 Å². The van der Waals surface area contributed by atoms with Crippen LogP contribution in [0.3, 0.4) is 0 Å². The van der Waals surface area contributed by atoms with E-state index < -0.39 is 0 Å². The number of benzene rings is 1. The van der Waals surface area contributed by atoms with Gasteiger partial charge in [0.1, 0.15) is 12.8 Å². The lowest BCUT2D eigenvalue weighted by Crippen LogP contribution is -3.00. The van der Waals surface area contributed by atoms with Crippen molar-refractivity contribution in [2.45, 2.75) is 6.92 Å². The van der Waals surface area contributed by atoms with Crippen molar-refractivity contribution in [3.8, 4) is 5.75 Å². The van der Waals surface area contributed by atoms with Crippen LogP contribution in [-0.4, -0.2) is 12.1 Å². The average Bonchev–Trinajstić information content (AvgIpc) is 2.40. The molecule has 0 saturated carbocycles. The van der Waals surface area contributed by atoms with E-state index >= 15 is 0 Å². The average molecular weight is 385 g/mol. The van der Waals surface area contributed by atoms with Crippen LogP contribution in [0.4, 0.5) is 0 Å². The van der Waals surface area contributed by atoms with E-state index in [1.807, 2.05) is 44.4 Å². The number of rotatable bonds is 4. The van der Waals surface area contributed by atoms with Gasteiger partial charge in [-0.15, -0.1) is 0 Å². The zero-order valence-electron chi connectivity index (χ0n) is 11.7. The predicted octanol–water partition coefficient (Wildman–Crippen LogP) is -0.740. The normalized spacial score (nSPS) is 9.70. The van der Waals surface area contributed by atoms with E-state index in [4.69, 9.17) is 4.74 Å². The monoisotopic (exact) mass is 385 g/mol. The molecule has 0 atom stereocenters. The summed E-state index contributed by atoms with van der Waals surface area (Å²) in [6.45, 7) is 2.69. The maximum Gasteiger partial charge on any atom is 0.204 e. The Bertz CT molecular complexity index is 538. The van der Waals surface area contributed by atoms with Crippen LogP contribution in [0, 0.1) is 0 Å². The van der Waals surface area contributed by atoms with Crippen molar-refractivity contribution < 1.29 is 38.8 Å². The topological polar surface area (TPSA) is 44.6 Å². The van der Waals surface area contributed by atoms with E-state index in [1.54, 1.807) is 0 Å². The molecule has 2 rings (SSSR count). The van der Waals surface area contributed by atoms with Crippen LogP contribution in [0.25, 0.3) is 12.2 Å². The third kappa shape index (κ3) is 5.30. The van der Waals surface area contributed by atoms with Gasteiger partial charge in [0.15, 0.2) is 6.20 Å². The largest absolute Gasteiger partial charge is 1.00 e. The summed E-state index contributed by atoms with van der Waals surface area (Å²) in [4.78, 5) is 0. The first kappa shape index (κ1) is 18.6. The third-order valence-electron chi connectivity index (χ3n) is 2.73. The van der Waals surface area contributed by atoms with E-state index in [9.17, 15) is 0 Å². The predicted molar refractivity (Wildman–Crippen MR) is 77.8 cm³/mol. The number of aromatic nitrogens is 1. The van der Waals surface area contributed by atoms with Crippen LogP contribution >= 0.6 is 0 Å². The van der Waals surface area contributed by atoms with Crippen LogP contribution in [0.1, 0.15) is 18.2 Å². The fourth-order valence-electron chi connectivity index (χ4n) is 1.73. The number of nitrogens with zero attached hydrogens (tertiary/aromatic N) is 1. The summed E-state index contributed by atoms with van der Waals surface area (Å²) in [7, 11) is 2.04. The Morgan fingerprint density at radius 3 is 2.35 bits per heavy atom. The van der Waals surface area contributed by atoms with Crippen molar-refractivity contribution in [2.75, 3.05) is 6.61 Å². The highest BCUT2D eigenvalue weighted by atomic mass is 127. The molecule has 0 amide bonds. The van der Waals surface area contributed by atoms with E-state index in [2.05, 4.69) is 34.9 Å². The zero-order valence-corrected chi connectivity index (χ0v) is 13.9. The van der Waals surface area contributed by atoms with Gasteiger partial charge in [-0.1, -0.05) is 12.1 Å². The third-order valence-corrected chi connectivity index (χ3v) is 2.73. The van der Waals surface area contributed by atoms with E-state index in [0.717, 1.165) is 5.75 Å². The van der Waals surface area contributed by atoms with Crippen molar-refractivity contribution in [3.63, 3.8) is 0 Å². The van der Waals surface area contributed by atoms with Crippen molar-refractivity contribution >= 4 is 12.2 Å². The fourth-order valence-corrected chi connectivity index (χ4v) is 1.73. The second-order valence-corrected chi connectivity index (χ2v) is 4.07. The molecule has 0 fully saturated rings. The summed E-state index contributed by atoms with van der Waals surface area (Å²) in [6.07, 6.45) is 6.25.